The maximum absolute atomic E-state index is 13.9. The summed E-state index contributed by atoms with van der Waals surface area (Å²) in [4.78, 5) is 29.1. The monoisotopic (exact) mass is 426 g/mol. The maximum atomic E-state index is 13.9. The molecule has 4 nitrogen and oxygen atoms in total. The number of carbonyl (C=O) groups excluding carboxylic acids is 2. The molecule has 0 spiro atoms. The van der Waals surface area contributed by atoms with Crippen LogP contribution in [0.15, 0.2) is 53.4 Å². The number of halogens is 1. The zero-order valence-electron chi connectivity index (χ0n) is 15.6. The van der Waals surface area contributed by atoms with Gasteiger partial charge in [-0.15, -0.1) is 0 Å². The van der Waals surface area contributed by atoms with Gasteiger partial charge in [0, 0.05) is 30.8 Å². The number of hydrogen-bond acceptors (Lipinski definition) is 4. The highest BCUT2D eigenvalue weighted by atomic mass is 32.2. The van der Waals surface area contributed by atoms with Crippen molar-refractivity contribution in [1.29, 1.82) is 0 Å². The lowest BCUT2D eigenvalue weighted by molar-refractivity contribution is -0.123. The fourth-order valence-electron chi connectivity index (χ4n) is 3.56. The van der Waals surface area contributed by atoms with E-state index >= 15 is 0 Å². The van der Waals surface area contributed by atoms with E-state index in [1.807, 2.05) is 24.3 Å². The lowest BCUT2D eigenvalue weighted by Crippen LogP contribution is -2.38. The summed E-state index contributed by atoms with van der Waals surface area (Å²) in [5.74, 6) is -0.698. The second-order valence-electron chi connectivity index (χ2n) is 6.88. The number of benzene rings is 2. The zero-order valence-corrected chi connectivity index (χ0v) is 17.3. The van der Waals surface area contributed by atoms with E-state index in [4.69, 9.17) is 12.2 Å². The zero-order chi connectivity index (χ0) is 20.4. The molecular weight excluding hydrogens is 407 g/mol. The van der Waals surface area contributed by atoms with Crippen molar-refractivity contribution < 1.29 is 14.0 Å². The van der Waals surface area contributed by atoms with Crippen molar-refractivity contribution >= 4 is 51.9 Å². The van der Waals surface area contributed by atoms with Crippen molar-refractivity contribution in [2.75, 3.05) is 18.0 Å². The second-order valence-corrected chi connectivity index (χ2v) is 8.56. The molecule has 0 bridgehead atoms. The number of hydrogen-bond donors (Lipinski definition) is 0. The van der Waals surface area contributed by atoms with Crippen LogP contribution in [0.5, 0.6) is 0 Å². The van der Waals surface area contributed by atoms with Gasteiger partial charge in [-0.25, -0.2) is 4.39 Å². The van der Waals surface area contributed by atoms with Crippen LogP contribution in [0, 0.1) is 5.82 Å². The highest BCUT2D eigenvalue weighted by Crippen LogP contribution is 2.33. The Morgan fingerprint density at radius 3 is 2.76 bits per heavy atom. The van der Waals surface area contributed by atoms with Gasteiger partial charge in [0.15, 0.2) is 0 Å². The molecule has 7 heteroatoms. The number of aryl methyl sites for hydroxylation is 1. The van der Waals surface area contributed by atoms with Gasteiger partial charge in [0.1, 0.15) is 10.1 Å². The molecule has 4 rings (SSSR count). The molecule has 0 aromatic heterocycles. The Balaban J connectivity index is 1.44. The van der Waals surface area contributed by atoms with Crippen molar-refractivity contribution in [2.45, 2.75) is 19.3 Å². The average molecular weight is 427 g/mol. The van der Waals surface area contributed by atoms with Crippen LogP contribution in [0.25, 0.3) is 6.08 Å². The Hall–Kier alpha value is -2.51. The predicted molar refractivity (Wildman–Crippen MR) is 118 cm³/mol. The Kier molecular flexibility index (Phi) is 5.78. The number of thiocarbonyl (C=S) groups is 1. The Bertz CT molecular complexity index is 1020. The normalized spacial score (nSPS) is 17.8. The minimum absolute atomic E-state index is 0.0238. The minimum atomic E-state index is -0.392. The lowest BCUT2D eigenvalue weighted by atomic mass is 10.0. The molecule has 2 amide bonds. The molecule has 0 unspecified atom stereocenters. The largest absolute Gasteiger partial charge is 0.312 e. The van der Waals surface area contributed by atoms with Crippen molar-refractivity contribution in [3.8, 4) is 0 Å². The molecule has 0 atom stereocenters. The molecule has 2 aliphatic heterocycles. The first-order valence-corrected chi connectivity index (χ1v) is 10.7. The van der Waals surface area contributed by atoms with Gasteiger partial charge in [0.25, 0.3) is 5.91 Å². The van der Waals surface area contributed by atoms with Crippen LogP contribution in [0.3, 0.4) is 0 Å². The van der Waals surface area contributed by atoms with E-state index in [9.17, 15) is 14.0 Å². The highest BCUT2D eigenvalue weighted by Gasteiger charge is 2.33. The molecule has 2 aliphatic rings. The standard InChI is InChI=1S/C22H19FN2O2S2/c23-17-9-3-1-7-16(17)14-19-21(27)25(22(28)29-19)13-11-20(26)24-12-5-8-15-6-2-4-10-18(15)24/h1-4,6-7,9-10,14H,5,8,11-13H2/b19-14+. The van der Waals surface area contributed by atoms with Crippen molar-refractivity contribution in [3.05, 3.63) is 70.4 Å². The molecule has 2 aromatic rings. The van der Waals surface area contributed by atoms with Crippen LogP contribution in [0.2, 0.25) is 0 Å². The molecule has 0 saturated carbocycles. The first kappa shape index (κ1) is 19.8. The summed E-state index contributed by atoms with van der Waals surface area (Å²) in [5.41, 5.74) is 2.47. The molecule has 29 heavy (non-hydrogen) atoms. The molecule has 1 saturated heterocycles. The summed E-state index contributed by atoms with van der Waals surface area (Å²) >= 11 is 6.46. The Morgan fingerprint density at radius 2 is 1.93 bits per heavy atom. The number of fused-ring (bicyclic) bond motifs is 1. The van der Waals surface area contributed by atoms with Crippen LogP contribution in [-0.4, -0.2) is 34.1 Å². The average Bonchev–Trinajstić information content (AvgIpc) is 3.00. The van der Waals surface area contributed by atoms with E-state index in [-0.39, 0.29) is 24.8 Å². The summed E-state index contributed by atoms with van der Waals surface area (Å²) in [5, 5.41) is 0. The molecule has 1 fully saturated rings. The van der Waals surface area contributed by atoms with Gasteiger partial charge in [-0.3, -0.25) is 14.5 Å². The molecule has 0 aliphatic carbocycles. The third-order valence-electron chi connectivity index (χ3n) is 5.03. The summed E-state index contributed by atoms with van der Waals surface area (Å²) < 4.78 is 14.3. The van der Waals surface area contributed by atoms with Crippen LogP contribution >= 0.6 is 24.0 Å². The second kappa shape index (κ2) is 8.47. The SMILES string of the molecule is O=C1/C(=C\c2ccccc2F)SC(=S)N1CCC(=O)N1CCCc2ccccc21. The van der Waals surface area contributed by atoms with Crippen LogP contribution in [-0.2, 0) is 16.0 Å². The minimum Gasteiger partial charge on any atom is -0.312 e. The Morgan fingerprint density at radius 1 is 1.17 bits per heavy atom. The van der Waals surface area contributed by atoms with E-state index < -0.39 is 5.82 Å². The summed E-state index contributed by atoms with van der Waals surface area (Å²) in [6.07, 6.45) is 3.59. The molecule has 0 N–H and O–H groups in total. The van der Waals surface area contributed by atoms with E-state index in [0.29, 0.717) is 21.3 Å². The molecular formula is C22H19FN2O2S2. The van der Waals surface area contributed by atoms with E-state index in [1.165, 1.54) is 22.6 Å². The van der Waals surface area contributed by atoms with Crippen LogP contribution < -0.4 is 4.90 Å². The van der Waals surface area contributed by atoms with Crippen LogP contribution in [0.4, 0.5) is 10.1 Å². The maximum Gasteiger partial charge on any atom is 0.266 e. The molecule has 2 heterocycles. The number of amides is 2. The van der Waals surface area contributed by atoms with Crippen molar-refractivity contribution in [2.24, 2.45) is 0 Å². The fraction of sp³-hybridized carbons (Fsp3) is 0.227. The summed E-state index contributed by atoms with van der Waals surface area (Å²) in [6.45, 7) is 0.901. The van der Waals surface area contributed by atoms with Crippen molar-refractivity contribution in [3.63, 3.8) is 0 Å². The third kappa shape index (κ3) is 4.11. The van der Waals surface area contributed by atoms with Gasteiger partial charge < -0.3 is 4.90 Å². The van der Waals surface area contributed by atoms with E-state index in [0.717, 1.165) is 30.3 Å². The van der Waals surface area contributed by atoms with E-state index in [2.05, 4.69) is 0 Å². The van der Waals surface area contributed by atoms with Gasteiger partial charge in [0.2, 0.25) is 5.91 Å². The predicted octanol–water partition coefficient (Wildman–Crippen LogP) is 4.40. The smallest absolute Gasteiger partial charge is 0.266 e. The van der Waals surface area contributed by atoms with Crippen LogP contribution in [0.1, 0.15) is 24.0 Å². The molecule has 0 radical (unpaired) electrons. The Labute approximate surface area is 178 Å². The van der Waals surface area contributed by atoms with Gasteiger partial charge in [-0.2, -0.15) is 0 Å². The first-order valence-electron chi connectivity index (χ1n) is 9.43. The number of carbonyl (C=O) groups is 2. The quantitative estimate of drug-likeness (QED) is 0.537. The fourth-order valence-corrected chi connectivity index (χ4v) is 4.86. The summed E-state index contributed by atoms with van der Waals surface area (Å²) in [6, 6.07) is 14.2. The first-order chi connectivity index (χ1) is 14.0. The van der Waals surface area contributed by atoms with E-state index in [1.54, 1.807) is 23.1 Å². The molecule has 148 valence electrons. The summed E-state index contributed by atoms with van der Waals surface area (Å²) in [7, 11) is 0. The number of nitrogens with zero attached hydrogens (tertiary/aromatic N) is 2. The highest BCUT2D eigenvalue weighted by molar-refractivity contribution is 8.26. The number of thioether (sulfide) groups is 1. The topological polar surface area (TPSA) is 40.6 Å². The van der Waals surface area contributed by atoms with Gasteiger partial charge in [0.05, 0.1) is 4.91 Å². The van der Waals surface area contributed by atoms with Crippen molar-refractivity contribution in [1.82, 2.24) is 4.90 Å². The number of anilines is 1. The number of para-hydroxylation sites is 1. The lowest BCUT2D eigenvalue weighted by Gasteiger charge is -2.30. The number of rotatable bonds is 4. The van der Waals surface area contributed by atoms with Gasteiger partial charge >= 0.3 is 0 Å². The van der Waals surface area contributed by atoms with Gasteiger partial charge in [-0.05, 0) is 36.6 Å². The molecule has 2 aromatic carbocycles. The third-order valence-corrected chi connectivity index (χ3v) is 6.40. The van der Waals surface area contributed by atoms with Gasteiger partial charge in [-0.1, -0.05) is 60.4 Å².